The maximum atomic E-state index is 13.0. The van der Waals surface area contributed by atoms with E-state index < -0.39 is 17.0 Å². The van der Waals surface area contributed by atoms with Gasteiger partial charge in [0, 0.05) is 5.92 Å². The number of Topliss-reactive ketones (excluding diaryl/α,β-unsaturated/α-hetero) is 1. The number of nitrogens with zero attached hydrogens (tertiary/aromatic N) is 1. The van der Waals surface area contributed by atoms with Crippen LogP contribution in [0.25, 0.3) is 0 Å². The second-order valence-electron chi connectivity index (χ2n) is 6.59. The van der Waals surface area contributed by atoms with Crippen LogP contribution in [0.15, 0.2) is 0 Å². The van der Waals surface area contributed by atoms with Crippen LogP contribution < -0.4 is 0 Å². The molecule has 1 fully saturated rings. The molecule has 0 saturated carbocycles. The highest BCUT2D eigenvalue weighted by molar-refractivity contribution is 5.93. The predicted octanol–water partition coefficient (Wildman–Crippen LogP) is 2.12. The highest BCUT2D eigenvalue weighted by Gasteiger charge is 2.55. The van der Waals surface area contributed by atoms with Gasteiger partial charge < -0.3 is 9.84 Å². The zero-order valence-electron chi connectivity index (χ0n) is 13.9. The van der Waals surface area contributed by atoms with Crippen LogP contribution in [-0.2, 0) is 14.3 Å². The van der Waals surface area contributed by atoms with Crippen molar-refractivity contribution in [1.29, 1.82) is 0 Å². The molecular formula is C16H29NO4. The fraction of sp³-hybridized carbons (Fsp3) is 0.875. The van der Waals surface area contributed by atoms with Gasteiger partial charge in [0.15, 0.2) is 5.78 Å². The number of ether oxygens (including phenoxy) is 1. The summed E-state index contributed by atoms with van der Waals surface area (Å²) in [6, 6.07) is 0. The van der Waals surface area contributed by atoms with Gasteiger partial charge in [-0.15, -0.1) is 0 Å². The first-order valence-corrected chi connectivity index (χ1v) is 7.85. The number of carbonyl (C=O) groups excluding carboxylic acids is 2. The minimum absolute atomic E-state index is 0.0112. The average molecular weight is 299 g/mol. The van der Waals surface area contributed by atoms with Gasteiger partial charge in [0.2, 0.25) is 0 Å². The summed E-state index contributed by atoms with van der Waals surface area (Å²) in [5.41, 5.74) is -1.96. The molecule has 1 saturated heterocycles. The molecule has 0 amide bonds. The third kappa shape index (κ3) is 3.29. The second kappa shape index (κ2) is 6.88. The van der Waals surface area contributed by atoms with Crippen LogP contribution >= 0.6 is 0 Å². The van der Waals surface area contributed by atoms with Crippen molar-refractivity contribution in [2.75, 3.05) is 13.3 Å². The summed E-state index contributed by atoms with van der Waals surface area (Å²) in [7, 11) is 0. The molecule has 1 N–H and O–H groups in total. The van der Waals surface area contributed by atoms with Crippen LogP contribution in [0, 0.1) is 5.92 Å². The highest BCUT2D eigenvalue weighted by atomic mass is 16.5. The first-order chi connectivity index (χ1) is 9.75. The van der Waals surface area contributed by atoms with Crippen LogP contribution in [0.2, 0.25) is 0 Å². The molecule has 122 valence electrons. The molecule has 1 rings (SSSR count). The lowest BCUT2D eigenvalue weighted by atomic mass is 9.79. The summed E-state index contributed by atoms with van der Waals surface area (Å²) in [5.74, 6) is -0.395. The number of ketones is 1. The van der Waals surface area contributed by atoms with Gasteiger partial charge in [-0.2, -0.15) is 0 Å². The number of cyclic esters (lactones) is 1. The first-order valence-electron chi connectivity index (χ1n) is 7.85. The Balaban J connectivity index is 3.06. The Morgan fingerprint density at radius 3 is 2.48 bits per heavy atom. The smallest absolute Gasteiger partial charge is 0.326 e. The second-order valence-corrected chi connectivity index (χ2v) is 6.59. The lowest BCUT2D eigenvalue weighted by molar-refractivity contribution is -0.194. The van der Waals surface area contributed by atoms with Crippen molar-refractivity contribution in [1.82, 2.24) is 4.90 Å². The normalized spacial score (nSPS) is 27.2. The Hall–Kier alpha value is -0.940. The third-order valence-corrected chi connectivity index (χ3v) is 4.70. The summed E-state index contributed by atoms with van der Waals surface area (Å²) >= 11 is 0. The number of morpholine rings is 1. The predicted molar refractivity (Wildman–Crippen MR) is 80.7 cm³/mol. The van der Waals surface area contributed by atoms with Crippen molar-refractivity contribution in [3.05, 3.63) is 0 Å². The lowest BCUT2D eigenvalue weighted by Gasteiger charge is -2.50. The maximum absolute atomic E-state index is 13.0. The minimum Gasteiger partial charge on any atom is -0.462 e. The largest absolute Gasteiger partial charge is 0.462 e. The van der Waals surface area contributed by atoms with E-state index in [0.29, 0.717) is 0 Å². The number of carbonyl (C=O) groups is 2. The van der Waals surface area contributed by atoms with Gasteiger partial charge >= 0.3 is 5.97 Å². The summed E-state index contributed by atoms with van der Waals surface area (Å²) in [6.07, 6.45) is 3.66. The topological polar surface area (TPSA) is 66.8 Å². The molecule has 2 unspecified atom stereocenters. The molecule has 21 heavy (non-hydrogen) atoms. The van der Waals surface area contributed by atoms with E-state index >= 15 is 0 Å². The molecule has 0 spiro atoms. The zero-order valence-corrected chi connectivity index (χ0v) is 13.9. The molecule has 0 bridgehead atoms. The molecule has 5 heteroatoms. The van der Waals surface area contributed by atoms with E-state index in [0.717, 1.165) is 25.7 Å². The summed E-state index contributed by atoms with van der Waals surface area (Å²) < 4.78 is 5.25. The number of aliphatic hydroxyl groups is 1. The SMILES string of the molecule is CCCCC(CC)C(=O)C1(C)COC(=O)C(C)(C)N1CO. The Labute approximate surface area is 127 Å². The van der Waals surface area contributed by atoms with Crippen LogP contribution in [-0.4, -0.2) is 46.2 Å². The molecule has 0 aliphatic carbocycles. The molecule has 0 radical (unpaired) electrons. The number of hydrogen-bond donors (Lipinski definition) is 1. The van der Waals surface area contributed by atoms with E-state index in [1.165, 1.54) is 0 Å². The Kier molecular flexibility index (Phi) is 5.93. The van der Waals surface area contributed by atoms with Crippen molar-refractivity contribution < 1.29 is 19.4 Å². The molecule has 2 atom stereocenters. The summed E-state index contributed by atoms with van der Waals surface area (Å²) in [6.45, 7) is 8.92. The van der Waals surface area contributed by atoms with Gasteiger partial charge in [-0.25, -0.2) is 4.90 Å². The number of rotatable bonds is 7. The number of hydrogen-bond acceptors (Lipinski definition) is 5. The molecular weight excluding hydrogens is 270 g/mol. The van der Waals surface area contributed by atoms with E-state index in [-0.39, 0.29) is 25.0 Å². The minimum atomic E-state index is -1.000. The molecule has 1 aliphatic heterocycles. The lowest BCUT2D eigenvalue weighted by Crippen LogP contribution is -2.70. The maximum Gasteiger partial charge on any atom is 0.326 e. The van der Waals surface area contributed by atoms with Gasteiger partial charge in [0.25, 0.3) is 0 Å². The van der Waals surface area contributed by atoms with E-state index in [9.17, 15) is 14.7 Å². The van der Waals surface area contributed by atoms with Crippen LogP contribution in [0.1, 0.15) is 60.3 Å². The Bertz CT molecular complexity index is 394. The number of unbranched alkanes of at least 4 members (excludes halogenated alkanes) is 1. The molecule has 1 aliphatic rings. The van der Waals surface area contributed by atoms with E-state index in [1.54, 1.807) is 25.7 Å². The van der Waals surface area contributed by atoms with Crippen molar-refractivity contribution in [2.24, 2.45) is 5.92 Å². The summed E-state index contributed by atoms with van der Waals surface area (Å²) in [5, 5.41) is 9.73. The van der Waals surface area contributed by atoms with Crippen LogP contribution in [0.4, 0.5) is 0 Å². The van der Waals surface area contributed by atoms with E-state index in [4.69, 9.17) is 4.74 Å². The fourth-order valence-electron chi connectivity index (χ4n) is 3.14. The van der Waals surface area contributed by atoms with Crippen molar-refractivity contribution in [3.63, 3.8) is 0 Å². The van der Waals surface area contributed by atoms with Gasteiger partial charge in [0.1, 0.15) is 17.7 Å². The molecule has 0 aromatic heterocycles. The number of aliphatic hydroxyl groups excluding tert-OH is 1. The Morgan fingerprint density at radius 2 is 2.00 bits per heavy atom. The number of esters is 1. The standard InChI is InChI=1S/C16H29NO4/c1-6-8-9-12(7-2)13(19)16(5)10-21-14(20)15(3,4)17(16)11-18/h12,18H,6-11H2,1-5H3. The van der Waals surface area contributed by atoms with Crippen molar-refractivity contribution in [2.45, 2.75) is 71.4 Å². The molecule has 0 aromatic rings. The molecule has 5 nitrogen and oxygen atoms in total. The fourth-order valence-corrected chi connectivity index (χ4v) is 3.14. The molecule has 1 heterocycles. The van der Waals surface area contributed by atoms with Gasteiger partial charge in [0.05, 0.1) is 6.73 Å². The van der Waals surface area contributed by atoms with Crippen LogP contribution in [0.5, 0.6) is 0 Å². The monoisotopic (exact) mass is 299 g/mol. The summed E-state index contributed by atoms with van der Waals surface area (Å²) in [4.78, 5) is 26.5. The Morgan fingerprint density at radius 1 is 1.38 bits per heavy atom. The zero-order chi connectivity index (χ0) is 16.3. The highest BCUT2D eigenvalue weighted by Crippen LogP contribution is 2.35. The molecule has 0 aromatic carbocycles. The van der Waals surface area contributed by atoms with Gasteiger partial charge in [-0.3, -0.25) is 9.59 Å². The average Bonchev–Trinajstić information content (AvgIpc) is 2.44. The van der Waals surface area contributed by atoms with Crippen molar-refractivity contribution >= 4 is 11.8 Å². The quantitative estimate of drug-likeness (QED) is 0.729. The third-order valence-electron chi connectivity index (χ3n) is 4.70. The first kappa shape index (κ1) is 18.1. The van der Waals surface area contributed by atoms with Gasteiger partial charge in [-0.1, -0.05) is 26.7 Å². The van der Waals surface area contributed by atoms with E-state index in [2.05, 4.69) is 6.92 Å². The van der Waals surface area contributed by atoms with Crippen molar-refractivity contribution in [3.8, 4) is 0 Å². The van der Waals surface area contributed by atoms with E-state index in [1.807, 2.05) is 6.92 Å². The van der Waals surface area contributed by atoms with Gasteiger partial charge in [-0.05, 0) is 33.6 Å². The van der Waals surface area contributed by atoms with Crippen LogP contribution in [0.3, 0.4) is 0 Å².